The summed E-state index contributed by atoms with van der Waals surface area (Å²) in [5.41, 5.74) is 1.84. The molecule has 1 aliphatic rings. The van der Waals surface area contributed by atoms with Gasteiger partial charge in [-0.3, -0.25) is 0 Å². The number of esters is 1. The highest BCUT2D eigenvalue weighted by atomic mass is 35.5. The summed E-state index contributed by atoms with van der Waals surface area (Å²) >= 11 is 6.23. The van der Waals surface area contributed by atoms with E-state index < -0.39 is 16.3 Å². The zero-order chi connectivity index (χ0) is 15.4. The van der Waals surface area contributed by atoms with E-state index in [1.807, 2.05) is 0 Å². The maximum atomic E-state index is 11.7. The van der Waals surface area contributed by atoms with E-state index in [2.05, 4.69) is 9.89 Å². The zero-order valence-electron chi connectivity index (χ0n) is 11.1. The van der Waals surface area contributed by atoms with E-state index in [1.54, 1.807) is 0 Å². The normalized spacial score (nSPS) is 13.3. The molecule has 6 nitrogen and oxygen atoms in total. The summed E-state index contributed by atoms with van der Waals surface area (Å²) in [7, 11) is -1.13. The van der Waals surface area contributed by atoms with E-state index >= 15 is 0 Å². The fourth-order valence-electron chi connectivity index (χ4n) is 1.97. The van der Waals surface area contributed by atoms with Crippen LogP contribution in [0.5, 0.6) is 0 Å². The minimum Gasteiger partial charge on any atom is -0.465 e. The van der Waals surface area contributed by atoms with Gasteiger partial charge in [0.1, 0.15) is 6.61 Å². The molecule has 0 bridgehead atoms. The maximum Gasteiger partial charge on any atom is 0.339 e. The first-order valence-corrected chi connectivity index (χ1v) is 7.55. The van der Waals surface area contributed by atoms with Crippen LogP contribution in [0.25, 0.3) is 0 Å². The van der Waals surface area contributed by atoms with Crippen molar-refractivity contribution < 1.29 is 22.8 Å². The minimum atomic E-state index is -2.38. The lowest BCUT2D eigenvalue weighted by Crippen LogP contribution is -2.09. The molecule has 1 aromatic rings. The fourth-order valence-corrected chi connectivity index (χ4v) is 2.71. The number of ether oxygens (including phenoxy) is 1. The van der Waals surface area contributed by atoms with Gasteiger partial charge >= 0.3 is 5.97 Å². The number of methoxy groups -OCH3 is 1. The summed E-state index contributed by atoms with van der Waals surface area (Å²) in [6.45, 7) is 0.482. The summed E-state index contributed by atoms with van der Waals surface area (Å²) in [6, 6.07) is 2.95. The smallest absolute Gasteiger partial charge is 0.339 e. The molecule has 0 saturated heterocycles. The van der Waals surface area contributed by atoms with Gasteiger partial charge in [-0.15, -0.1) is 0 Å². The monoisotopic (exact) mass is 329 g/mol. The van der Waals surface area contributed by atoms with Crippen molar-refractivity contribution in [2.45, 2.75) is 12.8 Å². The van der Waals surface area contributed by atoms with Gasteiger partial charge in [0.2, 0.25) is 10.3 Å². The molecule has 0 saturated carbocycles. The van der Waals surface area contributed by atoms with Crippen LogP contribution < -0.4 is 0 Å². The van der Waals surface area contributed by atoms with Crippen LogP contribution in [0, 0.1) is 0 Å². The number of benzene rings is 1. The van der Waals surface area contributed by atoms with Gasteiger partial charge < -0.3 is 9.57 Å². The Labute approximate surface area is 127 Å². The minimum absolute atomic E-state index is 0.163. The zero-order valence-corrected chi connectivity index (χ0v) is 12.7. The Morgan fingerprint density at radius 1 is 1.52 bits per heavy atom. The average Bonchev–Trinajstić information content (AvgIpc) is 2.94. The summed E-state index contributed by atoms with van der Waals surface area (Å²) in [6.07, 6.45) is 0.950. The van der Waals surface area contributed by atoms with Crippen LogP contribution in [-0.4, -0.2) is 39.2 Å². The molecule has 2 rings (SSSR count). The van der Waals surface area contributed by atoms with E-state index in [4.69, 9.17) is 16.4 Å². The first-order valence-electron chi connectivity index (χ1n) is 6.03. The molecule has 1 aromatic carbocycles. The van der Waals surface area contributed by atoms with Crippen molar-refractivity contribution in [3.05, 3.63) is 33.8 Å². The topological polar surface area (TPSA) is 82.0 Å². The average molecular weight is 330 g/mol. The molecule has 0 unspecified atom stereocenters. The molecule has 21 heavy (non-hydrogen) atoms. The third kappa shape index (κ3) is 3.62. The van der Waals surface area contributed by atoms with Gasteiger partial charge in [0, 0.05) is 12.8 Å². The van der Waals surface area contributed by atoms with Crippen LogP contribution in [0.3, 0.4) is 0 Å². The van der Waals surface area contributed by atoms with Crippen molar-refractivity contribution in [1.29, 1.82) is 0 Å². The molecular formula is C13H12ClNO5S. The molecule has 0 radical (unpaired) electrons. The van der Waals surface area contributed by atoms with E-state index in [0.29, 0.717) is 30.6 Å². The SMILES string of the molecule is COC(=O)c1ccc(C=S(=O)=O)c(CC2=NOCC2)c1Cl. The first kappa shape index (κ1) is 15.5. The first-order chi connectivity index (χ1) is 10.0. The highest BCUT2D eigenvalue weighted by Crippen LogP contribution is 2.26. The molecule has 0 amide bonds. The van der Waals surface area contributed by atoms with Crippen molar-refractivity contribution in [3.63, 3.8) is 0 Å². The molecule has 1 aliphatic heterocycles. The summed E-state index contributed by atoms with van der Waals surface area (Å²) in [5, 5.41) is 5.06. The van der Waals surface area contributed by atoms with Crippen molar-refractivity contribution in [1.82, 2.24) is 0 Å². The van der Waals surface area contributed by atoms with Crippen molar-refractivity contribution in [2.24, 2.45) is 5.16 Å². The lowest BCUT2D eigenvalue weighted by molar-refractivity contribution is 0.0601. The number of nitrogens with zero attached hydrogens (tertiary/aromatic N) is 1. The largest absolute Gasteiger partial charge is 0.465 e. The summed E-state index contributed by atoms with van der Waals surface area (Å²) in [5.74, 6) is -0.583. The number of hydrogen-bond donors (Lipinski definition) is 0. The molecule has 0 fully saturated rings. The molecule has 112 valence electrons. The van der Waals surface area contributed by atoms with E-state index in [9.17, 15) is 13.2 Å². The Morgan fingerprint density at radius 2 is 2.29 bits per heavy atom. The lowest BCUT2D eigenvalue weighted by Gasteiger charge is -2.11. The van der Waals surface area contributed by atoms with Crippen LogP contribution in [0.15, 0.2) is 17.3 Å². The summed E-state index contributed by atoms with van der Waals surface area (Å²) in [4.78, 5) is 16.6. The number of carbonyl (C=O) groups excluding carboxylic acids is 1. The molecule has 8 heteroatoms. The van der Waals surface area contributed by atoms with Gasteiger partial charge in [-0.2, -0.15) is 8.42 Å². The van der Waals surface area contributed by atoms with E-state index in [-0.39, 0.29) is 10.6 Å². The molecule has 0 aliphatic carbocycles. The van der Waals surface area contributed by atoms with Gasteiger partial charge in [-0.1, -0.05) is 22.8 Å². The second-order valence-corrected chi connectivity index (χ2v) is 5.42. The highest BCUT2D eigenvalue weighted by Gasteiger charge is 2.19. The number of oxime groups is 1. The molecular weight excluding hydrogens is 318 g/mol. The molecule has 0 N–H and O–H groups in total. The van der Waals surface area contributed by atoms with Crippen LogP contribution >= 0.6 is 11.6 Å². The molecule has 0 aromatic heterocycles. The van der Waals surface area contributed by atoms with E-state index in [1.165, 1.54) is 19.2 Å². The van der Waals surface area contributed by atoms with Crippen molar-refractivity contribution in [2.75, 3.05) is 13.7 Å². The third-order valence-corrected chi connectivity index (χ3v) is 3.84. The standard InChI is InChI=1S/C13H12ClNO5S/c1-19-13(16)10-3-2-8(7-21(17)18)11(12(10)14)6-9-4-5-20-15-9/h2-3,7H,4-6H2,1H3. The Balaban J connectivity index is 2.54. The summed E-state index contributed by atoms with van der Waals surface area (Å²) < 4.78 is 26.5. The number of halogens is 1. The van der Waals surface area contributed by atoms with Gasteiger partial charge in [-0.25, -0.2) is 4.79 Å². The number of hydrogen-bond acceptors (Lipinski definition) is 6. The lowest BCUT2D eigenvalue weighted by atomic mass is 9.99. The predicted molar refractivity (Wildman–Crippen MR) is 78.6 cm³/mol. The van der Waals surface area contributed by atoms with Crippen molar-refractivity contribution >= 4 is 38.9 Å². The second kappa shape index (κ2) is 6.73. The Kier molecular flexibility index (Phi) is 4.98. The van der Waals surface area contributed by atoms with Gasteiger partial charge in [-0.05, 0) is 17.2 Å². The predicted octanol–water partition coefficient (Wildman–Crippen LogP) is 1.47. The quantitative estimate of drug-likeness (QED) is 0.617. The fraction of sp³-hybridized carbons (Fsp3) is 0.308. The Bertz CT molecular complexity index is 731. The van der Waals surface area contributed by atoms with Crippen LogP contribution in [-0.2, 0) is 26.3 Å². The van der Waals surface area contributed by atoms with Gasteiger partial charge in [0.25, 0.3) is 0 Å². The Hall–Kier alpha value is -1.86. The van der Waals surface area contributed by atoms with Crippen LogP contribution in [0.2, 0.25) is 5.02 Å². The number of rotatable bonds is 4. The second-order valence-electron chi connectivity index (χ2n) is 4.28. The molecule has 0 spiro atoms. The van der Waals surface area contributed by atoms with Gasteiger partial charge in [0.05, 0.1) is 28.8 Å². The third-order valence-electron chi connectivity index (χ3n) is 2.96. The van der Waals surface area contributed by atoms with Crippen molar-refractivity contribution in [3.8, 4) is 0 Å². The van der Waals surface area contributed by atoms with Crippen LogP contribution in [0.1, 0.15) is 27.9 Å². The number of carbonyl (C=O) groups is 1. The maximum absolute atomic E-state index is 11.7. The Morgan fingerprint density at radius 3 is 2.86 bits per heavy atom. The van der Waals surface area contributed by atoms with Crippen LogP contribution in [0.4, 0.5) is 0 Å². The highest BCUT2D eigenvalue weighted by molar-refractivity contribution is 7.71. The van der Waals surface area contributed by atoms with Gasteiger partial charge in [0.15, 0.2) is 0 Å². The van der Waals surface area contributed by atoms with E-state index in [0.717, 1.165) is 11.1 Å². The molecule has 0 atom stereocenters. The molecule has 1 heterocycles.